The average molecular weight is 565 g/mol. The van der Waals surface area contributed by atoms with Crippen LogP contribution in [0, 0.1) is 17.1 Å². The summed E-state index contributed by atoms with van der Waals surface area (Å²) in [5.41, 5.74) is 8.34. The molecular weight excluding hydrogens is 523 g/mol. The summed E-state index contributed by atoms with van der Waals surface area (Å²) in [5.74, 6) is -0.344. The van der Waals surface area contributed by atoms with Crippen LogP contribution in [0.15, 0.2) is 53.7 Å². The molecule has 10 heteroatoms. The highest BCUT2D eigenvalue weighted by molar-refractivity contribution is 6.09. The second kappa shape index (κ2) is 16.4. The number of amides is 1. The van der Waals surface area contributed by atoms with Crippen LogP contribution < -0.4 is 21.7 Å². The van der Waals surface area contributed by atoms with E-state index in [1.807, 2.05) is 31.3 Å². The summed E-state index contributed by atoms with van der Waals surface area (Å²) in [6.45, 7) is 4.92. The second-order valence-corrected chi connectivity index (χ2v) is 10.5. The zero-order valence-electron chi connectivity index (χ0n) is 24.0. The molecule has 0 bridgehead atoms. The van der Waals surface area contributed by atoms with Gasteiger partial charge in [0.25, 0.3) is 0 Å². The van der Waals surface area contributed by atoms with Crippen molar-refractivity contribution in [3.05, 3.63) is 76.7 Å². The first-order chi connectivity index (χ1) is 19.6. The van der Waals surface area contributed by atoms with E-state index in [0.29, 0.717) is 49.2 Å². The van der Waals surface area contributed by atoms with Crippen LogP contribution in [0.25, 0.3) is 5.57 Å². The molecule has 1 fully saturated rings. The highest BCUT2D eigenvalue weighted by Gasteiger charge is 2.43. The smallest absolute Gasteiger partial charge is 0.220 e. The van der Waals surface area contributed by atoms with Gasteiger partial charge in [0, 0.05) is 42.1 Å². The number of nitriles is 1. The molecule has 0 heterocycles. The minimum atomic E-state index is -0.881. The van der Waals surface area contributed by atoms with E-state index in [4.69, 9.17) is 11.0 Å². The van der Waals surface area contributed by atoms with Crippen LogP contribution >= 0.6 is 0 Å². The Morgan fingerprint density at radius 3 is 2.61 bits per heavy atom. The number of carbonyl (C=O) groups excluding carboxylic acids is 2. The SMILES string of the molecule is CNC1(c2cc(F)cc(/C(C=NCC(C)(C)O)=C/N)c2)CC1.N#CCNCCCC(=O)NCc1ccccc1C=O. The molecule has 0 aliphatic heterocycles. The molecule has 0 saturated heterocycles. The number of aldehydes is 1. The minimum Gasteiger partial charge on any atom is -0.404 e. The van der Waals surface area contributed by atoms with Crippen molar-refractivity contribution in [3.63, 3.8) is 0 Å². The third kappa shape index (κ3) is 11.6. The molecule has 0 spiro atoms. The summed E-state index contributed by atoms with van der Waals surface area (Å²) in [5, 5.41) is 26.9. The van der Waals surface area contributed by atoms with E-state index >= 15 is 0 Å². The quantitative estimate of drug-likeness (QED) is 0.102. The monoisotopic (exact) mass is 564 g/mol. The lowest BCUT2D eigenvalue weighted by molar-refractivity contribution is -0.121. The van der Waals surface area contributed by atoms with Gasteiger partial charge in [-0.15, -0.1) is 0 Å². The van der Waals surface area contributed by atoms with Crippen molar-refractivity contribution < 1.29 is 19.1 Å². The summed E-state index contributed by atoms with van der Waals surface area (Å²) >= 11 is 0. The molecule has 1 aliphatic rings. The van der Waals surface area contributed by atoms with Crippen LogP contribution in [0.3, 0.4) is 0 Å². The number of hydrogen-bond donors (Lipinski definition) is 5. The number of aliphatic hydroxyl groups is 1. The Balaban J connectivity index is 0.000000290. The van der Waals surface area contributed by atoms with Crippen molar-refractivity contribution in [1.29, 1.82) is 5.26 Å². The van der Waals surface area contributed by atoms with Crippen molar-refractivity contribution in [2.24, 2.45) is 10.7 Å². The zero-order valence-corrected chi connectivity index (χ0v) is 24.0. The molecule has 6 N–H and O–H groups in total. The molecule has 0 atom stereocenters. The maximum absolute atomic E-state index is 13.9. The number of allylic oxidation sites excluding steroid dienone is 1. The first-order valence-electron chi connectivity index (χ1n) is 13.6. The van der Waals surface area contributed by atoms with E-state index in [1.54, 1.807) is 38.3 Å². The Hall–Kier alpha value is -3.91. The normalized spacial score (nSPS) is 14.1. The van der Waals surface area contributed by atoms with Gasteiger partial charge in [-0.2, -0.15) is 5.26 Å². The summed E-state index contributed by atoms with van der Waals surface area (Å²) in [6.07, 6.45) is 6.86. The van der Waals surface area contributed by atoms with E-state index in [-0.39, 0.29) is 23.8 Å². The molecule has 0 radical (unpaired) electrons. The first kappa shape index (κ1) is 33.3. The van der Waals surface area contributed by atoms with Gasteiger partial charge in [0.2, 0.25) is 5.91 Å². The topological polar surface area (TPSA) is 153 Å². The zero-order chi connectivity index (χ0) is 30.3. The average Bonchev–Trinajstić information content (AvgIpc) is 3.75. The lowest BCUT2D eigenvalue weighted by Gasteiger charge is -2.16. The number of carbonyl (C=O) groups is 2. The number of halogens is 1. The summed E-state index contributed by atoms with van der Waals surface area (Å²) in [6, 6.07) is 14.1. The van der Waals surface area contributed by atoms with Crippen molar-refractivity contribution >= 4 is 24.0 Å². The van der Waals surface area contributed by atoms with Crippen LogP contribution in [-0.2, 0) is 16.9 Å². The summed E-state index contributed by atoms with van der Waals surface area (Å²) in [7, 11) is 1.89. The molecular formula is C31H41FN6O3. The molecule has 1 amide bonds. The number of aliphatic imine (C=N–C) groups is 1. The fraction of sp³-hybridized carbons (Fsp3) is 0.419. The number of benzene rings is 2. The van der Waals surface area contributed by atoms with Gasteiger partial charge in [-0.05, 0) is 81.6 Å². The largest absolute Gasteiger partial charge is 0.404 e. The highest BCUT2D eigenvalue weighted by atomic mass is 19.1. The Labute approximate surface area is 241 Å². The molecule has 0 aromatic heterocycles. The molecule has 1 aliphatic carbocycles. The number of nitrogens with zero attached hydrogens (tertiary/aromatic N) is 2. The van der Waals surface area contributed by atoms with Gasteiger partial charge in [0.1, 0.15) is 12.1 Å². The molecule has 41 heavy (non-hydrogen) atoms. The van der Waals surface area contributed by atoms with Crippen LogP contribution in [-0.4, -0.2) is 55.8 Å². The molecule has 0 unspecified atom stereocenters. The third-order valence-electron chi connectivity index (χ3n) is 6.52. The van der Waals surface area contributed by atoms with E-state index in [0.717, 1.165) is 30.3 Å². The Bertz CT molecular complexity index is 1260. The number of nitrogens with two attached hydrogens (primary N) is 1. The lowest BCUT2D eigenvalue weighted by atomic mass is 9.98. The summed E-state index contributed by atoms with van der Waals surface area (Å²) < 4.78 is 13.9. The predicted octanol–water partition coefficient (Wildman–Crippen LogP) is 3.18. The highest BCUT2D eigenvalue weighted by Crippen LogP contribution is 2.45. The van der Waals surface area contributed by atoms with Gasteiger partial charge in [0.15, 0.2) is 0 Å². The van der Waals surface area contributed by atoms with Crippen LogP contribution in [0.1, 0.15) is 66.6 Å². The van der Waals surface area contributed by atoms with Crippen LogP contribution in [0.4, 0.5) is 4.39 Å². The van der Waals surface area contributed by atoms with Crippen molar-refractivity contribution in [2.45, 2.75) is 57.2 Å². The van der Waals surface area contributed by atoms with E-state index in [9.17, 15) is 19.1 Å². The number of hydrogen-bond acceptors (Lipinski definition) is 8. The van der Waals surface area contributed by atoms with Crippen LogP contribution in [0.5, 0.6) is 0 Å². The summed E-state index contributed by atoms with van der Waals surface area (Å²) in [4.78, 5) is 26.5. The standard InChI is InChI=1S/C17H24FN3O.C14H17N3O2/c1-16(2,22)11-21-10-13(9-19)12-6-14(8-15(18)7-12)17(20-3)4-5-17;15-7-9-16-8-3-6-14(19)17-10-12-4-1-2-5-13(12)11-18/h6-10,20,22H,4-5,11,19H2,1-3H3;1-2,4-5,11,16H,3,6,8-10H2,(H,17,19)/b13-9+,21-10?;. The predicted molar refractivity (Wildman–Crippen MR) is 160 cm³/mol. The fourth-order valence-corrected chi connectivity index (χ4v) is 4.03. The van der Waals surface area contributed by atoms with Crippen molar-refractivity contribution in [2.75, 3.05) is 26.7 Å². The first-order valence-corrected chi connectivity index (χ1v) is 13.6. The molecule has 9 nitrogen and oxygen atoms in total. The van der Waals surface area contributed by atoms with Crippen molar-refractivity contribution in [1.82, 2.24) is 16.0 Å². The van der Waals surface area contributed by atoms with Gasteiger partial charge < -0.3 is 26.8 Å². The van der Waals surface area contributed by atoms with E-state index < -0.39 is 5.60 Å². The molecule has 3 rings (SSSR count). The van der Waals surface area contributed by atoms with Gasteiger partial charge in [-0.1, -0.05) is 24.3 Å². The van der Waals surface area contributed by atoms with Gasteiger partial charge in [-0.3, -0.25) is 14.6 Å². The maximum Gasteiger partial charge on any atom is 0.220 e. The number of rotatable bonds is 14. The third-order valence-corrected chi connectivity index (χ3v) is 6.52. The minimum absolute atomic E-state index is 0.0561. The maximum atomic E-state index is 13.9. The van der Waals surface area contributed by atoms with Crippen LogP contribution in [0.2, 0.25) is 0 Å². The Kier molecular flexibility index (Phi) is 13.3. The lowest BCUT2D eigenvalue weighted by Crippen LogP contribution is -2.24. The van der Waals surface area contributed by atoms with Crippen molar-refractivity contribution in [3.8, 4) is 6.07 Å². The molecule has 220 valence electrons. The van der Waals surface area contributed by atoms with E-state index in [2.05, 4.69) is 20.9 Å². The molecule has 2 aromatic rings. The molecule has 1 saturated carbocycles. The Morgan fingerprint density at radius 2 is 2.00 bits per heavy atom. The van der Waals surface area contributed by atoms with Gasteiger partial charge in [-0.25, -0.2) is 4.39 Å². The van der Waals surface area contributed by atoms with Gasteiger partial charge >= 0.3 is 0 Å². The second-order valence-electron chi connectivity index (χ2n) is 10.5. The number of nitrogens with one attached hydrogen (secondary N) is 3. The Morgan fingerprint density at radius 1 is 1.27 bits per heavy atom. The van der Waals surface area contributed by atoms with Gasteiger partial charge in [0.05, 0.1) is 24.8 Å². The fourth-order valence-electron chi connectivity index (χ4n) is 4.03. The molecule has 2 aromatic carbocycles. The van der Waals surface area contributed by atoms with E-state index in [1.165, 1.54) is 12.3 Å².